The SMILES string of the molecule is Cc1ccc(C)c(OCC(=O)NNC(=O)c2c(C)noc2C)c1. The zero-order valence-electron chi connectivity index (χ0n) is 13.5. The monoisotopic (exact) mass is 317 g/mol. The molecular weight excluding hydrogens is 298 g/mol. The fourth-order valence-corrected chi connectivity index (χ4v) is 2.04. The van der Waals surface area contributed by atoms with E-state index in [2.05, 4.69) is 16.0 Å². The topological polar surface area (TPSA) is 93.5 Å². The number of ether oxygens (including phenoxy) is 1. The van der Waals surface area contributed by atoms with Gasteiger partial charge in [-0.15, -0.1) is 0 Å². The Morgan fingerprint density at radius 2 is 1.91 bits per heavy atom. The van der Waals surface area contributed by atoms with Gasteiger partial charge in [-0.3, -0.25) is 20.4 Å². The van der Waals surface area contributed by atoms with Gasteiger partial charge in [-0.05, 0) is 44.9 Å². The molecular formula is C16H19N3O4. The predicted molar refractivity (Wildman–Crippen MR) is 83.0 cm³/mol. The van der Waals surface area contributed by atoms with Gasteiger partial charge in [0.05, 0.1) is 5.69 Å². The van der Waals surface area contributed by atoms with Crippen molar-refractivity contribution in [3.63, 3.8) is 0 Å². The van der Waals surface area contributed by atoms with Gasteiger partial charge in [0.15, 0.2) is 6.61 Å². The normalized spacial score (nSPS) is 10.3. The molecule has 7 heteroatoms. The maximum Gasteiger partial charge on any atom is 0.276 e. The van der Waals surface area contributed by atoms with E-state index in [1.54, 1.807) is 13.8 Å². The van der Waals surface area contributed by atoms with Crippen molar-refractivity contribution in [3.8, 4) is 5.75 Å². The standard InChI is InChI=1S/C16H19N3O4/c1-9-5-6-10(2)13(7-9)22-8-14(20)17-18-16(21)15-11(3)19-23-12(15)4/h5-7H,8H2,1-4H3,(H,17,20)(H,18,21). The summed E-state index contributed by atoms with van der Waals surface area (Å²) in [5.41, 5.74) is 7.35. The van der Waals surface area contributed by atoms with E-state index in [0.717, 1.165) is 11.1 Å². The van der Waals surface area contributed by atoms with Crippen LogP contribution in [0.4, 0.5) is 0 Å². The Kier molecular flexibility index (Phi) is 5.00. The molecule has 1 heterocycles. The molecule has 2 amide bonds. The molecule has 1 aromatic heterocycles. The van der Waals surface area contributed by atoms with Crippen molar-refractivity contribution in [3.05, 3.63) is 46.3 Å². The van der Waals surface area contributed by atoms with Gasteiger partial charge in [0.25, 0.3) is 11.8 Å². The van der Waals surface area contributed by atoms with Crippen LogP contribution >= 0.6 is 0 Å². The van der Waals surface area contributed by atoms with E-state index < -0.39 is 11.8 Å². The van der Waals surface area contributed by atoms with Crippen molar-refractivity contribution in [2.24, 2.45) is 0 Å². The third kappa shape index (κ3) is 4.09. The number of nitrogens with one attached hydrogen (secondary N) is 2. The molecule has 0 aliphatic rings. The summed E-state index contributed by atoms with van der Waals surface area (Å²) in [4.78, 5) is 23.7. The van der Waals surface area contributed by atoms with Crippen molar-refractivity contribution >= 4 is 11.8 Å². The number of nitrogens with zero attached hydrogens (tertiary/aromatic N) is 1. The lowest BCUT2D eigenvalue weighted by atomic mass is 10.1. The van der Waals surface area contributed by atoms with Crippen LogP contribution in [0.15, 0.2) is 22.7 Å². The van der Waals surface area contributed by atoms with Crippen LogP contribution in [0.2, 0.25) is 0 Å². The first-order valence-corrected chi connectivity index (χ1v) is 7.10. The summed E-state index contributed by atoms with van der Waals surface area (Å²) in [6.07, 6.45) is 0. The van der Waals surface area contributed by atoms with E-state index in [-0.39, 0.29) is 6.61 Å². The first-order chi connectivity index (χ1) is 10.9. The highest BCUT2D eigenvalue weighted by atomic mass is 16.5. The molecule has 7 nitrogen and oxygen atoms in total. The largest absolute Gasteiger partial charge is 0.483 e. The molecule has 122 valence electrons. The lowest BCUT2D eigenvalue weighted by Gasteiger charge is -2.11. The first-order valence-electron chi connectivity index (χ1n) is 7.10. The molecule has 1 aromatic carbocycles. The predicted octanol–water partition coefficient (Wildman–Crippen LogP) is 1.75. The number of carbonyl (C=O) groups excluding carboxylic acids is 2. The Morgan fingerprint density at radius 3 is 2.57 bits per heavy atom. The second kappa shape index (κ2) is 6.95. The smallest absolute Gasteiger partial charge is 0.276 e. The summed E-state index contributed by atoms with van der Waals surface area (Å²) in [6, 6.07) is 5.74. The molecule has 0 saturated heterocycles. The molecule has 2 rings (SSSR count). The van der Waals surface area contributed by atoms with Gasteiger partial charge in [-0.25, -0.2) is 0 Å². The molecule has 0 spiro atoms. The summed E-state index contributed by atoms with van der Waals surface area (Å²) < 4.78 is 10.4. The number of benzene rings is 1. The Balaban J connectivity index is 1.86. The fourth-order valence-electron chi connectivity index (χ4n) is 2.04. The third-order valence-electron chi connectivity index (χ3n) is 3.28. The molecule has 0 bridgehead atoms. The molecule has 0 radical (unpaired) electrons. The van der Waals surface area contributed by atoms with Gasteiger partial charge < -0.3 is 9.26 Å². The number of carbonyl (C=O) groups is 2. The van der Waals surface area contributed by atoms with Crippen LogP contribution in [0.1, 0.15) is 32.9 Å². The highest BCUT2D eigenvalue weighted by molar-refractivity contribution is 5.97. The van der Waals surface area contributed by atoms with Crippen molar-refractivity contribution in [1.82, 2.24) is 16.0 Å². The second-order valence-corrected chi connectivity index (χ2v) is 5.26. The molecule has 0 atom stereocenters. The van der Waals surface area contributed by atoms with Crippen molar-refractivity contribution in [1.29, 1.82) is 0 Å². The summed E-state index contributed by atoms with van der Waals surface area (Å²) in [5.74, 6) is 0.0745. The molecule has 2 N–H and O–H groups in total. The molecule has 0 saturated carbocycles. The van der Waals surface area contributed by atoms with Gasteiger partial charge >= 0.3 is 0 Å². The van der Waals surface area contributed by atoms with Crippen LogP contribution in [0.25, 0.3) is 0 Å². The summed E-state index contributed by atoms with van der Waals surface area (Å²) >= 11 is 0. The van der Waals surface area contributed by atoms with Crippen LogP contribution in [-0.4, -0.2) is 23.6 Å². The zero-order chi connectivity index (χ0) is 17.0. The first kappa shape index (κ1) is 16.5. The molecule has 23 heavy (non-hydrogen) atoms. The minimum atomic E-state index is -0.485. The highest BCUT2D eigenvalue weighted by Gasteiger charge is 2.17. The van der Waals surface area contributed by atoms with Crippen LogP contribution in [-0.2, 0) is 4.79 Å². The summed E-state index contributed by atoms with van der Waals surface area (Å²) in [5, 5.41) is 3.69. The van der Waals surface area contributed by atoms with Crippen molar-refractivity contribution < 1.29 is 18.8 Å². The van der Waals surface area contributed by atoms with Crippen LogP contribution in [0, 0.1) is 27.7 Å². The van der Waals surface area contributed by atoms with E-state index >= 15 is 0 Å². The van der Waals surface area contributed by atoms with E-state index in [0.29, 0.717) is 22.8 Å². The zero-order valence-corrected chi connectivity index (χ0v) is 13.5. The van der Waals surface area contributed by atoms with Gasteiger partial charge in [0, 0.05) is 0 Å². The van der Waals surface area contributed by atoms with E-state index in [1.165, 1.54) is 0 Å². The Bertz CT molecular complexity index is 717. The Labute approximate surface area is 134 Å². The minimum Gasteiger partial charge on any atom is -0.483 e. The van der Waals surface area contributed by atoms with Crippen molar-refractivity contribution in [2.75, 3.05) is 6.61 Å². The van der Waals surface area contributed by atoms with Gasteiger partial charge in [-0.2, -0.15) is 0 Å². The Hall–Kier alpha value is -2.83. The lowest BCUT2D eigenvalue weighted by Crippen LogP contribution is -2.44. The number of rotatable bonds is 4. The van der Waals surface area contributed by atoms with E-state index in [1.807, 2.05) is 32.0 Å². The average Bonchev–Trinajstić information content (AvgIpc) is 2.85. The lowest BCUT2D eigenvalue weighted by molar-refractivity contribution is -0.123. The van der Waals surface area contributed by atoms with Crippen LogP contribution < -0.4 is 15.6 Å². The van der Waals surface area contributed by atoms with Crippen LogP contribution in [0.3, 0.4) is 0 Å². The highest BCUT2D eigenvalue weighted by Crippen LogP contribution is 2.18. The third-order valence-corrected chi connectivity index (χ3v) is 3.28. The van der Waals surface area contributed by atoms with E-state index in [9.17, 15) is 9.59 Å². The van der Waals surface area contributed by atoms with E-state index in [4.69, 9.17) is 9.26 Å². The number of aromatic nitrogens is 1. The molecule has 0 unspecified atom stereocenters. The van der Waals surface area contributed by atoms with Gasteiger partial charge in [0.2, 0.25) is 0 Å². The maximum atomic E-state index is 12.0. The quantitative estimate of drug-likeness (QED) is 0.838. The number of aryl methyl sites for hydroxylation is 4. The summed E-state index contributed by atoms with van der Waals surface area (Å²) in [7, 11) is 0. The van der Waals surface area contributed by atoms with Gasteiger partial charge in [-0.1, -0.05) is 17.3 Å². The fraction of sp³-hybridized carbons (Fsp3) is 0.312. The number of hydrogen-bond donors (Lipinski definition) is 2. The maximum absolute atomic E-state index is 12.0. The second-order valence-electron chi connectivity index (χ2n) is 5.26. The number of hydrazine groups is 1. The van der Waals surface area contributed by atoms with Crippen molar-refractivity contribution in [2.45, 2.75) is 27.7 Å². The molecule has 2 aromatic rings. The number of amides is 2. The molecule has 0 fully saturated rings. The van der Waals surface area contributed by atoms with Crippen LogP contribution in [0.5, 0.6) is 5.75 Å². The molecule has 0 aliphatic heterocycles. The number of hydrogen-bond acceptors (Lipinski definition) is 5. The average molecular weight is 317 g/mol. The molecule has 0 aliphatic carbocycles. The Morgan fingerprint density at radius 1 is 1.17 bits per heavy atom. The summed E-state index contributed by atoms with van der Waals surface area (Å²) in [6.45, 7) is 6.91. The van der Waals surface area contributed by atoms with Gasteiger partial charge in [0.1, 0.15) is 17.1 Å². The minimum absolute atomic E-state index is 0.202.